The maximum absolute atomic E-state index is 11.1. The quantitative estimate of drug-likeness (QED) is 0.662. The minimum absolute atomic E-state index is 0.0984. The topological polar surface area (TPSA) is 76.2 Å². The summed E-state index contributed by atoms with van der Waals surface area (Å²) in [5, 5.41) is 6.87. The van der Waals surface area contributed by atoms with E-state index in [2.05, 4.69) is 15.3 Å². The molecule has 0 saturated carbocycles. The summed E-state index contributed by atoms with van der Waals surface area (Å²) in [5.74, 6) is 0.0984. The largest absolute Gasteiger partial charge is 0.396 e. The molecule has 1 aromatic rings. The summed E-state index contributed by atoms with van der Waals surface area (Å²) in [6, 6.07) is 0. The average Bonchev–Trinajstić information content (AvgIpc) is 2.62. The number of nitrogens with one attached hydrogen (secondary N) is 1. The maximum atomic E-state index is 11.1. The van der Waals surface area contributed by atoms with Gasteiger partial charge in [-0.1, -0.05) is 0 Å². The Hall–Kier alpha value is -1.56. The Balaban J connectivity index is 1.80. The van der Waals surface area contributed by atoms with Gasteiger partial charge in [-0.2, -0.15) is 5.10 Å². The van der Waals surface area contributed by atoms with Crippen LogP contribution in [-0.4, -0.2) is 46.8 Å². The lowest BCUT2D eigenvalue weighted by atomic mass is 10.3. The molecule has 6 nitrogen and oxygen atoms in total. The van der Waals surface area contributed by atoms with E-state index in [9.17, 15) is 4.79 Å². The van der Waals surface area contributed by atoms with Gasteiger partial charge >= 0.3 is 0 Å². The van der Waals surface area contributed by atoms with Crippen LogP contribution in [0.25, 0.3) is 0 Å². The smallest absolute Gasteiger partial charge is 0.234 e. The van der Waals surface area contributed by atoms with E-state index in [1.165, 1.54) is 0 Å². The summed E-state index contributed by atoms with van der Waals surface area (Å²) < 4.78 is 1.79. The SMILES string of the molecule is Nc1cnn(CCN2CCNC(=O)C2)c1. The Morgan fingerprint density at radius 3 is 3.07 bits per heavy atom. The molecule has 1 fully saturated rings. The summed E-state index contributed by atoms with van der Waals surface area (Å²) in [6.45, 7) is 3.72. The summed E-state index contributed by atoms with van der Waals surface area (Å²) >= 11 is 0. The molecule has 0 spiro atoms. The zero-order valence-electron chi connectivity index (χ0n) is 8.52. The number of hydrogen-bond acceptors (Lipinski definition) is 4. The molecule has 1 saturated heterocycles. The molecule has 3 N–H and O–H groups in total. The van der Waals surface area contributed by atoms with Crippen molar-refractivity contribution in [2.75, 3.05) is 31.9 Å². The first-order valence-corrected chi connectivity index (χ1v) is 5.01. The normalized spacial score (nSPS) is 17.7. The molecule has 0 aliphatic carbocycles. The maximum Gasteiger partial charge on any atom is 0.234 e. The van der Waals surface area contributed by atoms with E-state index in [1.807, 2.05) is 0 Å². The third-order valence-electron chi connectivity index (χ3n) is 2.42. The van der Waals surface area contributed by atoms with Crippen LogP contribution in [0.4, 0.5) is 5.69 Å². The van der Waals surface area contributed by atoms with Crippen LogP contribution in [0.2, 0.25) is 0 Å². The number of nitrogens with two attached hydrogens (primary N) is 1. The van der Waals surface area contributed by atoms with Gasteiger partial charge in [0.2, 0.25) is 5.91 Å². The molecule has 1 aliphatic heterocycles. The Labute approximate surface area is 88.0 Å². The van der Waals surface area contributed by atoms with Crippen LogP contribution in [0.3, 0.4) is 0 Å². The molecule has 1 aliphatic rings. The van der Waals surface area contributed by atoms with Crippen molar-refractivity contribution in [1.82, 2.24) is 20.0 Å². The van der Waals surface area contributed by atoms with Gasteiger partial charge in [0.15, 0.2) is 0 Å². The fourth-order valence-electron chi connectivity index (χ4n) is 1.63. The van der Waals surface area contributed by atoms with Crippen LogP contribution in [0.15, 0.2) is 12.4 Å². The molecule has 15 heavy (non-hydrogen) atoms. The predicted molar refractivity (Wildman–Crippen MR) is 56.1 cm³/mol. The number of aromatic nitrogens is 2. The first kappa shape index (κ1) is 9.97. The lowest BCUT2D eigenvalue weighted by molar-refractivity contribution is -0.124. The van der Waals surface area contributed by atoms with Crippen molar-refractivity contribution < 1.29 is 4.79 Å². The molecule has 2 rings (SSSR count). The summed E-state index contributed by atoms with van der Waals surface area (Å²) in [4.78, 5) is 13.2. The van der Waals surface area contributed by atoms with E-state index in [0.717, 1.165) is 26.2 Å². The molecule has 0 unspecified atom stereocenters. The summed E-state index contributed by atoms with van der Waals surface area (Å²) in [5.41, 5.74) is 6.22. The van der Waals surface area contributed by atoms with Crippen molar-refractivity contribution in [3.05, 3.63) is 12.4 Å². The second-order valence-corrected chi connectivity index (χ2v) is 3.66. The standard InChI is InChI=1S/C9H15N5O/c10-8-5-12-14(6-8)4-3-13-2-1-11-9(15)7-13/h5-6H,1-4,7,10H2,(H,11,15). The Kier molecular flexibility index (Phi) is 2.86. The number of amides is 1. The molecular weight excluding hydrogens is 194 g/mol. The van der Waals surface area contributed by atoms with Gasteiger partial charge < -0.3 is 11.1 Å². The van der Waals surface area contributed by atoms with E-state index in [4.69, 9.17) is 5.73 Å². The van der Waals surface area contributed by atoms with Crippen molar-refractivity contribution in [1.29, 1.82) is 0 Å². The van der Waals surface area contributed by atoms with Crippen molar-refractivity contribution in [2.24, 2.45) is 0 Å². The molecule has 0 atom stereocenters. The predicted octanol–water partition coefficient (Wildman–Crippen LogP) is -1.10. The third kappa shape index (κ3) is 2.69. The van der Waals surface area contributed by atoms with Crippen molar-refractivity contribution >= 4 is 11.6 Å². The molecule has 82 valence electrons. The second kappa shape index (κ2) is 4.31. The molecule has 6 heteroatoms. The highest BCUT2D eigenvalue weighted by molar-refractivity contribution is 5.78. The van der Waals surface area contributed by atoms with Crippen molar-refractivity contribution in [3.63, 3.8) is 0 Å². The molecule has 0 radical (unpaired) electrons. The Morgan fingerprint density at radius 1 is 1.53 bits per heavy atom. The van der Waals surface area contributed by atoms with Gasteiger partial charge in [-0.05, 0) is 0 Å². The number of carbonyl (C=O) groups excluding carboxylic acids is 1. The van der Waals surface area contributed by atoms with E-state index in [-0.39, 0.29) is 5.91 Å². The monoisotopic (exact) mass is 209 g/mol. The fourth-order valence-corrected chi connectivity index (χ4v) is 1.63. The highest BCUT2D eigenvalue weighted by Gasteiger charge is 2.15. The number of piperazine rings is 1. The average molecular weight is 209 g/mol. The van der Waals surface area contributed by atoms with Gasteiger partial charge in [-0.15, -0.1) is 0 Å². The summed E-state index contributed by atoms with van der Waals surface area (Å²) in [6.07, 6.45) is 3.42. The molecule has 2 heterocycles. The summed E-state index contributed by atoms with van der Waals surface area (Å²) in [7, 11) is 0. The Morgan fingerprint density at radius 2 is 2.40 bits per heavy atom. The van der Waals surface area contributed by atoms with Gasteiger partial charge in [0.05, 0.1) is 25.0 Å². The lowest BCUT2D eigenvalue weighted by Gasteiger charge is -2.26. The highest BCUT2D eigenvalue weighted by Crippen LogP contribution is 1.99. The molecule has 0 aromatic carbocycles. The zero-order chi connectivity index (χ0) is 10.7. The van der Waals surface area contributed by atoms with Crippen LogP contribution in [0.5, 0.6) is 0 Å². The van der Waals surface area contributed by atoms with Crippen LogP contribution < -0.4 is 11.1 Å². The molecular formula is C9H15N5O. The molecule has 1 aromatic heterocycles. The number of nitrogens with zero attached hydrogens (tertiary/aromatic N) is 3. The number of hydrogen-bond donors (Lipinski definition) is 2. The van der Waals surface area contributed by atoms with Crippen molar-refractivity contribution in [3.8, 4) is 0 Å². The van der Waals surface area contributed by atoms with E-state index < -0.39 is 0 Å². The fraction of sp³-hybridized carbons (Fsp3) is 0.556. The van der Waals surface area contributed by atoms with E-state index >= 15 is 0 Å². The minimum Gasteiger partial charge on any atom is -0.396 e. The number of anilines is 1. The van der Waals surface area contributed by atoms with Crippen LogP contribution in [0, 0.1) is 0 Å². The number of carbonyl (C=O) groups is 1. The molecule has 0 bridgehead atoms. The van der Waals surface area contributed by atoms with E-state index in [1.54, 1.807) is 17.1 Å². The van der Waals surface area contributed by atoms with Gasteiger partial charge in [0.25, 0.3) is 0 Å². The van der Waals surface area contributed by atoms with Crippen LogP contribution in [0.1, 0.15) is 0 Å². The first-order valence-electron chi connectivity index (χ1n) is 5.01. The first-order chi connectivity index (χ1) is 7.24. The van der Waals surface area contributed by atoms with E-state index in [0.29, 0.717) is 12.2 Å². The van der Waals surface area contributed by atoms with Crippen LogP contribution in [-0.2, 0) is 11.3 Å². The van der Waals surface area contributed by atoms with Gasteiger partial charge in [-0.25, -0.2) is 0 Å². The third-order valence-corrected chi connectivity index (χ3v) is 2.42. The number of nitrogen functional groups attached to an aromatic ring is 1. The van der Waals surface area contributed by atoms with Crippen molar-refractivity contribution in [2.45, 2.75) is 6.54 Å². The number of rotatable bonds is 3. The molecule has 1 amide bonds. The van der Waals surface area contributed by atoms with Crippen LogP contribution >= 0.6 is 0 Å². The zero-order valence-corrected chi connectivity index (χ0v) is 8.52. The highest BCUT2D eigenvalue weighted by atomic mass is 16.2. The van der Waals surface area contributed by atoms with Gasteiger partial charge in [0.1, 0.15) is 0 Å². The Bertz CT molecular complexity index is 348. The van der Waals surface area contributed by atoms with Gasteiger partial charge in [-0.3, -0.25) is 14.4 Å². The second-order valence-electron chi connectivity index (χ2n) is 3.66. The van der Waals surface area contributed by atoms with Gasteiger partial charge in [0, 0.05) is 25.8 Å². The minimum atomic E-state index is 0.0984. The lowest BCUT2D eigenvalue weighted by Crippen LogP contribution is -2.48.